The number of carbonyl (C=O) groups is 1. The van der Waals surface area contributed by atoms with Crippen LogP contribution in [0.1, 0.15) is 16.2 Å². The van der Waals surface area contributed by atoms with Crippen molar-refractivity contribution in [3.05, 3.63) is 70.0 Å². The molecular weight excluding hydrogens is 370 g/mol. The number of rotatable bonds is 5. The number of fused-ring (bicyclic) bond motifs is 1. The monoisotopic (exact) mass is 393 g/mol. The van der Waals surface area contributed by atoms with E-state index in [1.54, 1.807) is 6.07 Å². The van der Waals surface area contributed by atoms with Crippen molar-refractivity contribution in [3.63, 3.8) is 0 Å². The van der Waals surface area contributed by atoms with Crippen LogP contribution in [-0.4, -0.2) is 62.9 Å². The van der Waals surface area contributed by atoms with Gasteiger partial charge in [-0.15, -0.1) is 0 Å². The van der Waals surface area contributed by atoms with Crippen molar-refractivity contribution in [2.45, 2.75) is 6.42 Å². The van der Waals surface area contributed by atoms with Gasteiger partial charge < -0.3 is 9.47 Å². The van der Waals surface area contributed by atoms with E-state index in [0.717, 1.165) is 43.0 Å². The highest BCUT2D eigenvalue weighted by molar-refractivity contribution is 5.94. The van der Waals surface area contributed by atoms with Gasteiger partial charge in [0.15, 0.2) is 0 Å². The van der Waals surface area contributed by atoms with Crippen LogP contribution in [0.4, 0.5) is 5.69 Å². The number of hydrogen-bond donors (Lipinski definition) is 0. The van der Waals surface area contributed by atoms with E-state index in [4.69, 9.17) is 0 Å². The summed E-state index contributed by atoms with van der Waals surface area (Å²) in [5, 5.41) is 11.0. The molecule has 0 radical (unpaired) electrons. The van der Waals surface area contributed by atoms with Gasteiger partial charge in [0.2, 0.25) is 0 Å². The third-order valence-corrected chi connectivity index (χ3v) is 5.50. The molecule has 0 aliphatic carbocycles. The first-order chi connectivity index (χ1) is 14.0. The third kappa shape index (κ3) is 3.97. The summed E-state index contributed by atoms with van der Waals surface area (Å²) in [5.74, 6) is 0.991. The van der Waals surface area contributed by atoms with E-state index in [2.05, 4.69) is 9.88 Å². The normalized spacial score (nSPS) is 15.0. The number of aryl methyl sites for hydroxylation is 1. The van der Waals surface area contributed by atoms with Crippen molar-refractivity contribution in [2.24, 2.45) is 7.05 Å². The average Bonchev–Trinajstić information content (AvgIpc) is 3.07. The van der Waals surface area contributed by atoms with E-state index >= 15 is 0 Å². The number of aromatic nitrogens is 2. The zero-order valence-electron chi connectivity index (χ0n) is 16.3. The minimum absolute atomic E-state index is 0.0568. The number of imidazole rings is 1. The fourth-order valence-corrected chi connectivity index (χ4v) is 3.77. The predicted molar refractivity (Wildman–Crippen MR) is 110 cm³/mol. The van der Waals surface area contributed by atoms with Gasteiger partial charge in [0.1, 0.15) is 5.82 Å². The Morgan fingerprint density at radius 1 is 1.10 bits per heavy atom. The zero-order valence-corrected chi connectivity index (χ0v) is 16.3. The molecule has 29 heavy (non-hydrogen) atoms. The highest BCUT2D eigenvalue weighted by Crippen LogP contribution is 2.21. The van der Waals surface area contributed by atoms with E-state index < -0.39 is 4.92 Å². The Balaban J connectivity index is 1.35. The van der Waals surface area contributed by atoms with Gasteiger partial charge in [-0.2, -0.15) is 0 Å². The Morgan fingerprint density at radius 3 is 2.52 bits per heavy atom. The van der Waals surface area contributed by atoms with Crippen LogP contribution in [0.3, 0.4) is 0 Å². The minimum Gasteiger partial charge on any atom is -0.336 e. The number of amides is 1. The molecule has 1 saturated heterocycles. The molecule has 150 valence electrons. The Hall–Kier alpha value is -3.26. The quantitative estimate of drug-likeness (QED) is 0.491. The molecule has 8 nitrogen and oxygen atoms in total. The second kappa shape index (κ2) is 8.00. The van der Waals surface area contributed by atoms with Gasteiger partial charge in [-0.25, -0.2) is 4.98 Å². The van der Waals surface area contributed by atoms with Crippen LogP contribution >= 0.6 is 0 Å². The fourth-order valence-electron chi connectivity index (χ4n) is 3.77. The molecule has 3 aromatic rings. The van der Waals surface area contributed by atoms with Crippen LogP contribution in [-0.2, 0) is 13.5 Å². The molecule has 0 atom stereocenters. The first-order valence-electron chi connectivity index (χ1n) is 9.69. The van der Waals surface area contributed by atoms with Crippen molar-refractivity contribution in [2.75, 3.05) is 32.7 Å². The Bertz CT molecular complexity index is 1040. The molecule has 4 rings (SSSR count). The Kier molecular flexibility index (Phi) is 5.26. The molecule has 0 spiro atoms. The summed E-state index contributed by atoms with van der Waals surface area (Å²) < 4.78 is 1.99. The molecule has 2 aromatic carbocycles. The summed E-state index contributed by atoms with van der Waals surface area (Å²) in [4.78, 5) is 31.9. The number of carbonyl (C=O) groups excluding carboxylic acids is 1. The number of piperazine rings is 1. The van der Waals surface area contributed by atoms with Gasteiger partial charge >= 0.3 is 0 Å². The number of benzene rings is 2. The number of nitrogens with zero attached hydrogens (tertiary/aromatic N) is 5. The first kappa shape index (κ1) is 19.1. The largest absolute Gasteiger partial charge is 0.336 e. The highest BCUT2D eigenvalue weighted by atomic mass is 16.6. The fraction of sp³-hybridized carbons (Fsp3) is 0.333. The average molecular weight is 393 g/mol. The molecule has 0 N–H and O–H groups in total. The van der Waals surface area contributed by atoms with E-state index in [0.29, 0.717) is 18.6 Å². The van der Waals surface area contributed by atoms with Crippen LogP contribution in [0.5, 0.6) is 0 Å². The van der Waals surface area contributed by atoms with Crippen molar-refractivity contribution in [1.29, 1.82) is 0 Å². The van der Waals surface area contributed by atoms with Crippen LogP contribution in [0.25, 0.3) is 11.0 Å². The zero-order chi connectivity index (χ0) is 20.4. The lowest BCUT2D eigenvalue weighted by Crippen LogP contribution is -2.49. The molecule has 0 saturated carbocycles. The van der Waals surface area contributed by atoms with Crippen LogP contribution in [0.2, 0.25) is 0 Å². The predicted octanol–water partition coefficient (Wildman–Crippen LogP) is 2.48. The first-order valence-corrected chi connectivity index (χ1v) is 9.69. The minimum atomic E-state index is -0.399. The Morgan fingerprint density at radius 2 is 1.83 bits per heavy atom. The molecule has 1 fully saturated rings. The van der Waals surface area contributed by atoms with Gasteiger partial charge in [-0.3, -0.25) is 19.8 Å². The van der Waals surface area contributed by atoms with E-state index in [9.17, 15) is 14.9 Å². The summed E-state index contributed by atoms with van der Waals surface area (Å²) in [5.41, 5.74) is 2.33. The van der Waals surface area contributed by atoms with Crippen LogP contribution in [0.15, 0.2) is 48.5 Å². The van der Waals surface area contributed by atoms with E-state index in [1.807, 2.05) is 46.8 Å². The van der Waals surface area contributed by atoms with Gasteiger partial charge in [0.05, 0.1) is 16.0 Å². The topological polar surface area (TPSA) is 84.5 Å². The maximum atomic E-state index is 12.6. The molecule has 2 heterocycles. The van der Waals surface area contributed by atoms with Crippen molar-refractivity contribution >= 4 is 22.6 Å². The van der Waals surface area contributed by atoms with Crippen LogP contribution in [0, 0.1) is 10.1 Å². The van der Waals surface area contributed by atoms with Crippen molar-refractivity contribution in [3.8, 4) is 0 Å². The molecular formula is C21H23N5O3. The summed E-state index contributed by atoms with van der Waals surface area (Å²) in [6.45, 7) is 3.92. The summed E-state index contributed by atoms with van der Waals surface area (Å²) in [7, 11) is 1.94. The summed E-state index contributed by atoms with van der Waals surface area (Å²) >= 11 is 0. The van der Waals surface area contributed by atoms with Gasteiger partial charge in [0.25, 0.3) is 11.6 Å². The van der Waals surface area contributed by atoms with E-state index in [1.165, 1.54) is 12.1 Å². The lowest BCUT2D eigenvalue weighted by atomic mass is 10.2. The molecule has 1 aliphatic heterocycles. The smallest absolute Gasteiger partial charge is 0.271 e. The van der Waals surface area contributed by atoms with Crippen LogP contribution < -0.4 is 0 Å². The Labute approximate surface area is 168 Å². The molecule has 1 aliphatic rings. The molecule has 1 amide bonds. The lowest BCUT2D eigenvalue weighted by molar-refractivity contribution is -0.384. The van der Waals surface area contributed by atoms with E-state index in [-0.39, 0.29) is 11.6 Å². The standard InChI is InChI=1S/C21H23N5O3/c1-23-19-8-7-17(26(28)29)15-18(19)22-20(23)9-10-24-11-13-25(14-12-24)21(27)16-5-3-2-4-6-16/h2-8,15H,9-14H2,1H3. The highest BCUT2D eigenvalue weighted by Gasteiger charge is 2.22. The van der Waals surface area contributed by atoms with Crippen molar-refractivity contribution in [1.82, 2.24) is 19.4 Å². The van der Waals surface area contributed by atoms with Crippen molar-refractivity contribution < 1.29 is 9.72 Å². The number of non-ortho nitro benzene ring substituents is 1. The lowest BCUT2D eigenvalue weighted by Gasteiger charge is -2.34. The number of hydrogen-bond acceptors (Lipinski definition) is 5. The summed E-state index contributed by atoms with van der Waals surface area (Å²) in [6.07, 6.45) is 0.756. The maximum absolute atomic E-state index is 12.6. The third-order valence-electron chi connectivity index (χ3n) is 5.50. The maximum Gasteiger partial charge on any atom is 0.271 e. The second-order valence-electron chi connectivity index (χ2n) is 7.27. The van der Waals surface area contributed by atoms with Gasteiger partial charge in [-0.05, 0) is 18.2 Å². The SMILES string of the molecule is Cn1c(CCN2CCN(C(=O)c3ccccc3)CC2)nc2cc([N+](=O)[O-])ccc21. The van der Waals surface area contributed by atoms with Gasteiger partial charge in [0, 0.05) is 63.9 Å². The molecule has 0 bridgehead atoms. The summed E-state index contributed by atoms with van der Waals surface area (Å²) in [6, 6.07) is 14.2. The van der Waals surface area contributed by atoms with Gasteiger partial charge in [-0.1, -0.05) is 18.2 Å². The second-order valence-corrected chi connectivity index (χ2v) is 7.27. The molecule has 1 aromatic heterocycles. The molecule has 0 unspecified atom stereocenters. The molecule has 8 heteroatoms. The number of nitro benzene ring substituents is 1. The number of nitro groups is 1.